The lowest BCUT2D eigenvalue weighted by Gasteiger charge is -2.46. The number of nitrogens with one attached hydrogen (secondary N) is 1. The zero-order valence-corrected chi connectivity index (χ0v) is 17.7. The molecule has 0 aliphatic heterocycles. The minimum absolute atomic E-state index is 0.128. The number of carbonyl (C=O) groups excluding carboxylic acids is 1. The predicted molar refractivity (Wildman–Crippen MR) is 101 cm³/mol. The van der Waals surface area contributed by atoms with Crippen molar-refractivity contribution in [1.29, 1.82) is 0 Å². The Morgan fingerprint density at radius 2 is 1.67 bits per heavy atom. The van der Waals surface area contributed by atoms with Gasteiger partial charge in [0.25, 0.3) is 5.97 Å². The Morgan fingerprint density at radius 3 is 2.04 bits per heavy atom. The van der Waals surface area contributed by atoms with E-state index in [1.165, 1.54) is 32.1 Å². The van der Waals surface area contributed by atoms with E-state index in [-0.39, 0.29) is 12.0 Å². The maximum Gasteiger partial charge on any atom is 0.408 e. The molecule has 1 rings (SSSR count). The van der Waals surface area contributed by atoms with Gasteiger partial charge in [0.05, 0.1) is 8.07 Å². The minimum atomic E-state index is -1.34. The van der Waals surface area contributed by atoms with Gasteiger partial charge < -0.3 is 15.2 Å². The van der Waals surface area contributed by atoms with E-state index in [2.05, 4.69) is 25.0 Å². The summed E-state index contributed by atoms with van der Waals surface area (Å²) in [6, 6.07) is 0. The number of alkyl carbamates (subject to hydrolysis) is 1. The summed E-state index contributed by atoms with van der Waals surface area (Å²) < 4.78 is 5.19. The SMILES string of the molecule is CC(=O)O.CC(C)C(Cl)OC(=O)NCC1([Si](C)(C)C)CCCCC1. The highest BCUT2D eigenvalue weighted by molar-refractivity contribution is 6.79. The molecule has 2 N–H and O–H groups in total. The molecule has 1 aliphatic rings. The van der Waals surface area contributed by atoms with E-state index in [9.17, 15) is 4.79 Å². The summed E-state index contributed by atoms with van der Waals surface area (Å²) >= 11 is 5.98. The van der Waals surface area contributed by atoms with E-state index in [1.807, 2.05) is 13.8 Å². The molecular weight excluding hydrogens is 346 g/mol. The van der Waals surface area contributed by atoms with Crippen LogP contribution in [0.3, 0.4) is 0 Å². The van der Waals surface area contributed by atoms with Gasteiger partial charge in [0.15, 0.2) is 5.56 Å². The lowest BCUT2D eigenvalue weighted by atomic mass is 9.88. The van der Waals surface area contributed by atoms with Crippen molar-refractivity contribution in [3.8, 4) is 0 Å². The number of hydrogen-bond acceptors (Lipinski definition) is 3. The second-order valence-corrected chi connectivity index (χ2v) is 14.0. The van der Waals surface area contributed by atoms with Gasteiger partial charge in [0, 0.05) is 19.4 Å². The number of hydrogen-bond donors (Lipinski definition) is 2. The molecule has 142 valence electrons. The fourth-order valence-electron chi connectivity index (χ4n) is 2.94. The van der Waals surface area contributed by atoms with Crippen LogP contribution < -0.4 is 5.32 Å². The summed E-state index contributed by atoms with van der Waals surface area (Å²) in [5, 5.41) is 10.7. The first-order chi connectivity index (χ1) is 10.9. The van der Waals surface area contributed by atoms with Crippen LogP contribution in [0, 0.1) is 5.92 Å². The van der Waals surface area contributed by atoms with Crippen molar-refractivity contribution in [3.63, 3.8) is 0 Å². The van der Waals surface area contributed by atoms with E-state index in [0.717, 1.165) is 13.5 Å². The summed E-state index contributed by atoms with van der Waals surface area (Å²) in [6.45, 7) is 12.9. The number of alkyl halides is 1. The molecule has 0 saturated heterocycles. The number of carbonyl (C=O) groups is 2. The molecule has 1 amide bonds. The number of ether oxygens (including phenoxy) is 1. The van der Waals surface area contributed by atoms with Gasteiger partial charge in [-0.3, -0.25) is 4.79 Å². The average molecular weight is 380 g/mol. The molecule has 0 aromatic rings. The van der Waals surface area contributed by atoms with Gasteiger partial charge in [0.1, 0.15) is 0 Å². The third kappa shape index (κ3) is 8.38. The van der Waals surface area contributed by atoms with Crippen LogP contribution in [-0.4, -0.2) is 37.4 Å². The van der Waals surface area contributed by atoms with E-state index in [1.54, 1.807) is 0 Å². The lowest BCUT2D eigenvalue weighted by molar-refractivity contribution is -0.134. The Morgan fingerprint density at radius 1 is 1.21 bits per heavy atom. The highest BCUT2D eigenvalue weighted by Gasteiger charge is 2.44. The first-order valence-electron chi connectivity index (χ1n) is 8.69. The summed E-state index contributed by atoms with van der Waals surface area (Å²) in [7, 11) is -1.34. The van der Waals surface area contributed by atoms with E-state index >= 15 is 0 Å². The van der Waals surface area contributed by atoms with Crippen LogP contribution in [0.15, 0.2) is 0 Å². The summed E-state index contributed by atoms with van der Waals surface area (Å²) in [4.78, 5) is 20.9. The number of carboxylic acids is 1. The fourth-order valence-corrected chi connectivity index (χ4v) is 5.50. The normalized spacial score (nSPS) is 18.2. The number of amides is 1. The largest absolute Gasteiger partial charge is 0.481 e. The van der Waals surface area contributed by atoms with Crippen molar-refractivity contribution in [2.75, 3.05) is 6.54 Å². The molecule has 1 unspecified atom stereocenters. The Bertz CT molecular complexity index is 400. The van der Waals surface area contributed by atoms with Crippen molar-refractivity contribution in [3.05, 3.63) is 0 Å². The fraction of sp³-hybridized carbons (Fsp3) is 0.882. The molecule has 0 radical (unpaired) electrons. The minimum Gasteiger partial charge on any atom is -0.481 e. The predicted octanol–water partition coefficient (Wildman–Crippen LogP) is 5.07. The van der Waals surface area contributed by atoms with Crippen molar-refractivity contribution in [2.24, 2.45) is 5.92 Å². The van der Waals surface area contributed by atoms with Crippen molar-refractivity contribution in [2.45, 2.75) is 83.1 Å². The summed E-state index contributed by atoms with van der Waals surface area (Å²) in [5.74, 6) is -0.706. The first kappa shape index (κ1) is 23.2. The van der Waals surface area contributed by atoms with E-state index < -0.39 is 19.6 Å². The van der Waals surface area contributed by atoms with Crippen LogP contribution in [0.25, 0.3) is 0 Å². The smallest absolute Gasteiger partial charge is 0.408 e. The Labute approximate surface area is 152 Å². The quantitative estimate of drug-likeness (QED) is 0.516. The highest BCUT2D eigenvalue weighted by atomic mass is 35.5. The molecule has 0 aromatic heterocycles. The number of aliphatic carboxylic acids is 1. The van der Waals surface area contributed by atoms with Gasteiger partial charge in [-0.2, -0.15) is 0 Å². The molecular formula is C17H34ClNO4Si. The van der Waals surface area contributed by atoms with Gasteiger partial charge in [-0.15, -0.1) is 0 Å². The number of rotatable bonds is 5. The van der Waals surface area contributed by atoms with Crippen LogP contribution in [-0.2, 0) is 9.53 Å². The van der Waals surface area contributed by atoms with Crippen LogP contribution in [0.2, 0.25) is 24.7 Å². The van der Waals surface area contributed by atoms with Crippen LogP contribution >= 0.6 is 11.6 Å². The highest BCUT2D eigenvalue weighted by Crippen LogP contribution is 2.49. The summed E-state index contributed by atoms with van der Waals surface area (Å²) in [6.07, 6.45) is 5.99. The van der Waals surface area contributed by atoms with Gasteiger partial charge in [-0.05, 0) is 17.9 Å². The van der Waals surface area contributed by atoms with E-state index in [0.29, 0.717) is 5.04 Å². The molecule has 5 nitrogen and oxygen atoms in total. The molecule has 1 aliphatic carbocycles. The topological polar surface area (TPSA) is 75.6 Å². The second kappa shape index (κ2) is 10.3. The van der Waals surface area contributed by atoms with Crippen LogP contribution in [0.1, 0.15) is 52.9 Å². The van der Waals surface area contributed by atoms with Gasteiger partial charge in [0.2, 0.25) is 0 Å². The van der Waals surface area contributed by atoms with Crippen LogP contribution in [0.5, 0.6) is 0 Å². The number of carboxylic acid groups (broad SMARTS) is 1. The first-order valence-corrected chi connectivity index (χ1v) is 12.6. The Hall–Kier alpha value is -0.753. The second-order valence-electron chi connectivity index (χ2n) is 7.96. The van der Waals surface area contributed by atoms with Crippen molar-refractivity contribution < 1.29 is 19.4 Å². The standard InChI is InChI=1S/C15H30ClNO2Si.C2H4O2/c1-12(2)13(16)19-14(18)17-11-15(20(3,4)5)9-7-6-8-10-15;1-2(3)4/h12-13H,6-11H2,1-5H3,(H,17,18);1H3,(H,3,4). The Balaban J connectivity index is 0.00000118. The van der Waals surface area contributed by atoms with Crippen molar-refractivity contribution >= 4 is 31.7 Å². The lowest BCUT2D eigenvalue weighted by Crippen LogP contribution is -2.48. The molecule has 0 aromatic carbocycles. The van der Waals surface area contributed by atoms with Gasteiger partial charge >= 0.3 is 6.09 Å². The van der Waals surface area contributed by atoms with Crippen molar-refractivity contribution in [1.82, 2.24) is 5.32 Å². The molecule has 7 heteroatoms. The van der Waals surface area contributed by atoms with Crippen LogP contribution in [0.4, 0.5) is 4.79 Å². The third-order valence-corrected chi connectivity index (χ3v) is 9.17. The maximum absolute atomic E-state index is 11.9. The molecule has 0 bridgehead atoms. The molecule has 24 heavy (non-hydrogen) atoms. The molecule has 1 fully saturated rings. The zero-order chi connectivity index (χ0) is 19.0. The monoisotopic (exact) mass is 379 g/mol. The molecule has 1 atom stereocenters. The summed E-state index contributed by atoms with van der Waals surface area (Å²) in [5.41, 5.74) is -0.552. The average Bonchev–Trinajstić information content (AvgIpc) is 2.44. The third-order valence-electron chi connectivity index (χ3n) is 4.72. The maximum atomic E-state index is 11.9. The zero-order valence-electron chi connectivity index (χ0n) is 15.9. The molecule has 0 heterocycles. The molecule has 0 spiro atoms. The number of halogens is 1. The van der Waals surface area contributed by atoms with Gasteiger partial charge in [-0.25, -0.2) is 4.79 Å². The molecule has 1 saturated carbocycles. The van der Waals surface area contributed by atoms with Gasteiger partial charge in [-0.1, -0.05) is 64.4 Å². The Kier molecular flexibility index (Phi) is 9.96. The van der Waals surface area contributed by atoms with E-state index in [4.69, 9.17) is 26.2 Å².